The Hall–Kier alpha value is -1.27. The van der Waals surface area contributed by atoms with E-state index >= 15 is 0 Å². The fourth-order valence-corrected chi connectivity index (χ4v) is 3.70. The van der Waals surface area contributed by atoms with Gasteiger partial charge in [0.05, 0.1) is 10.6 Å². The van der Waals surface area contributed by atoms with Crippen molar-refractivity contribution >= 4 is 53.4 Å². The number of hydrogen-bond donors (Lipinski definition) is 2. The van der Waals surface area contributed by atoms with Crippen molar-refractivity contribution < 1.29 is 0 Å². The van der Waals surface area contributed by atoms with Gasteiger partial charge in [0.2, 0.25) is 0 Å². The van der Waals surface area contributed by atoms with Crippen LogP contribution in [0.2, 0.25) is 0 Å². The number of amidine groups is 1. The van der Waals surface area contributed by atoms with E-state index in [1.54, 1.807) is 11.3 Å². The standard InChI is InChI=1S/C19H26N4S.2ClH/c1-14(2)21-9-11-23-10-3-5-15-13-16(7-8-17(15)23)22-19(20)18-6-4-12-24-18;;/h4,6-8,12-14,21H,3,5,9-11H2,1-2H3,(H2,20,22);2*1H. The summed E-state index contributed by atoms with van der Waals surface area (Å²) in [5.74, 6) is 0.596. The van der Waals surface area contributed by atoms with E-state index < -0.39 is 0 Å². The first-order valence-electron chi connectivity index (χ1n) is 8.63. The van der Waals surface area contributed by atoms with Crippen molar-refractivity contribution in [3.05, 3.63) is 46.2 Å². The van der Waals surface area contributed by atoms with Crippen LogP contribution in [0, 0.1) is 0 Å². The molecule has 2 aromatic rings. The molecule has 0 radical (unpaired) electrons. The summed E-state index contributed by atoms with van der Waals surface area (Å²) in [5, 5.41) is 5.52. The second-order valence-corrected chi connectivity index (χ2v) is 7.43. The summed E-state index contributed by atoms with van der Waals surface area (Å²) in [6, 6.07) is 11.0. The van der Waals surface area contributed by atoms with Gasteiger partial charge in [-0.1, -0.05) is 19.9 Å². The van der Waals surface area contributed by atoms with Crippen molar-refractivity contribution in [2.24, 2.45) is 10.7 Å². The maximum Gasteiger partial charge on any atom is 0.141 e. The highest BCUT2D eigenvalue weighted by Crippen LogP contribution is 2.30. The molecule has 1 aliphatic heterocycles. The number of nitrogens with zero attached hydrogens (tertiary/aromatic N) is 2. The largest absolute Gasteiger partial charge is 0.383 e. The first-order valence-corrected chi connectivity index (χ1v) is 9.51. The van der Waals surface area contributed by atoms with Gasteiger partial charge in [-0.2, -0.15) is 0 Å². The normalized spacial score (nSPS) is 13.8. The summed E-state index contributed by atoms with van der Waals surface area (Å²) < 4.78 is 0. The van der Waals surface area contributed by atoms with Gasteiger partial charge in [0.1, 0.15) is 5.84 Å². The summed E-state index contributed by atoms with van der Waals surface area (Å²) in [4.78, 5) is 8.09. The molecule has 3 N–H and O–H groups in total. The maximum absolute atomic E-state index is 6.11. The van der Waals surface area contributed by atoms with E-state index in [1.807, 2.05) is 17.5 Å². The van der Waals surface area contributed by atoms with E-state index in [0.29, 0.717) is 11.9 Å². The minimum Gasteiger partial charge on any atom is -0.383 e. The third-order valence-corrected chi connectivity index (χ3v) is 5.13. The molecule has 0 aliphatic carbocycles. The van der Waals surface area contributed by atoms with Crippen molar-refractivity contribution in [1.29, 1.82) is 0 Å². The number of halogens is 2. The molecule has 0 fully saturated rings. The van der Waals surface area contributed by atoms with Crippen LogP contribution in [0.3, 0.4) is 0 Å². The maximum atomic E-state index is 6.11. The van der Waals surface area contributed by atoms with Crippen LogP contribution in [0.1, 0.15) is 30.7 Å². The van der Waals surface area contributed by atoms with Crippen molar-refractivity contribution in [1.82, 2.24) is 5.32 Å². The van der Waals surface area contributed by atoms with Gasteiger partial charge in [-0.05, 0) is 48.1 Å². The van der Waals surface area contributed by atoms with Crippen molar-refractivity contribution in [3.8, 4) is 0 Å². The number of nitrogens with one attached hydrogen (secondary N) is 1. The van der Waals surface area contributed by atoms with E-state index in [4.69, 9.17) is 5.73 Å². The highest BCUT2D eigenvalue weighted by Gasteiger charge is 2.17. The molecule has 0 saturated heterocycles. The smallest absolute Gasteiger partial charge is 0.141 e. The summed E-state index contributed by atoms with van der Waals surface area (Å²) in [7, 11) is 0. The van der Waals surface area contributed by atoms with E-state index in [2.05, 4.69) is 47.3 Å². The number of benzene rings is 1. The number of nitrogens with two attached hydrogens (primary N) is 1. The average molecular weight is 415 g/mol. The molecular formula is C19H28Cl2N4S. The summed E-state index contributed by atoms with van der Waals surface area (Å²) in [6.45, 7) is 7.57. The monoisotopic (exact) mass is 414 g/mol. The Morgan fingerprint density at radius 1 is 1.31 bits per heavy atom. The summed E-state index contributed by atoms with van der Waals surface area (Å²) in [6.07, 6.45) is 2.31. The Labute approximate surface area is 172 Å². The van der Waals surface area contributed by atoms with Gasteiger partial charge in [0, 0.05) is 31.4 Å². The first kappa shape index (κ1) is 22.8. The Morgan fingerprint density at radius 3 is 2.81 bits per heavy atom. The second kappa shape index (κ2) is 10.8. The number of thiophene rings is 1. The van der Waals surface area contributed by atoms with Gasteiger partial charge in [-0.3, -0.25) is 0 Å². The lowest BCUT2D eigenvalue weighted by molar-refractivity contribution is 0.572. The van der Waals surface area contributed by atoms with Crippen LogP contribution in [-0.4, -0.2) is 31.5 Å². The van der Waals surface area contributed by atoms with Crippen LogP contribution >= 0.6 is 36.2 Å². The number of aryl methyl sites for hydroxylation is 1. The quantitative estimate of drug-likeness (QED) is 0.544. The van der Waals surface area contributed by atoms with E-state index in [0.717, 1.165) is 36.6 Å². The van der Waals surface area contributed by atoms with E-state index in [-0.39, 0.29) is 24.8 Å². The molecule has 0 atom stereocenters. The van der Waals surface area contributed by atoms with Crippen LogP contribution in [-0.2, 0) is 6.42 Å². The van der Waals surface area contributed by atoms with Crippen LogP contribution in [0.15, 0.2) is 40.7 Å². The van der Waals surface area contributed by atoms with Crippen molar-refractivity contribution in [2.45, 2.75) is 32.7 Å². The van der Waals surface area contributed by atoms with Crippen molar-refractivity contribution in [2.75, 3.05) is 24.5 Å². The molecule has 7 heteroatoms. The zero-order valence-electron chi connectivity index (χ0n) is 15.3. The second-order valence-electron chi connectivity index (χ2n) is 6.49. The Morgan fingerprint density at radius 2 is 2.12 bits per heavy atom. The summed E-state index contributed by atoms with van der Waals surface area (Å²) >= 11 is 1.62. The van der Waals surface area contributed by atoms with Crippen LogP contribution in [0.25, 0.3) is 0 Å². The fraction of sp³-hybridized carbons (Fsp3) is 0.421. The molecular weight excluding hydrogens is 387 g/mol. The molecule has 0 saturated carbocycles. The molecule has 0 bridgehead atoms. The van der Waals surface area contributed by atoms with Gasteiger partial charge < -0.3 is 16.0 Å². The zero-order chi connectivity index (χ0) is 16.9. The molecule has 4 nitrogen and oxygen atoms in total. The predicted octanol–water partition coefficient (Wildman–Crippen LogP) is 4.38. The highest BCUT2D eigenvalue weighted by molar-refractivity contribution is 7.12. The highest BCUT2D eigenvalue weighted by atomic mass is 35.5. The lowest BCUT2D eigenvalue weighted by atomic mass is 10.0. The number of hydrogen-bond acceptors (Lipinski definition) is 4. The van der Waals surface area contributed by atoms with Crippen LogP contribution < -0.4 is 16.0 Å². The molecule has 2 heterocycles. The van der Waals surface area contributed by atoms with E-state index in [9.17, 15) is 0 Å². The number of anilines is 1. The number of rotatable bonds is 6. The lowest BCUT2D eigenvalue weighted by Gasteiger charge is -2.31. The summed E-state index contributed by atoms with van der Waals surface area (Å²) in [5.41, 5.74) is 9.78. The Kier molecular flexibility index (Phi) is 9.44. The topological polar surface area (TPSA) is 53.6 Å². The molecule has 0 amide bonds. The van der Waals surface area contributed by atoms with E-state index in [1.165, 1.54) is 17.7 Å². The number of aliphatic imine (C=N–C) groups is 1. The predicted molar refractivity (Wildman–Crippen MR) is 119 cm³/mol. The number of fused-ring (bicyclic) bond motifs is 1. The van der Waals surface area contributed by atoms with Gasteiger partial charge in [0.25, 0.3) is 0 Å². The molecule has 0 spiro atoms. The lowest BCUT2D eigenvalue weighted by Crippen LogP contribution is -2.37. The zero-order valence-corrected chi connectivity index (χ0v) is 17.7. The first-order chi connectivity index (χ1) is 11.6. The van der Waals surface area contributed by atoms with Crippen molar-refractivity contribution in [3.63, 3.8) is 0 Å². The van der Waals surface area contributed by atoms with Crippen LogP contribution in [0.4, 0.5) is 11.4 Å². The van der Waals surface area contributed by atoms with Gasteiger partial charge in [-0.25, -0.2) is 4.99 Å². The molecule has 1 aromatic heterocycles. The fourth-order valence-electron chi connectivity index (χ4n) is 3.07. The minimum absolute atomic E-state index is 0. The SMILES string of the molecule is CC(C)NCCN1CCCc2cc(N=C(N)c3cccs3)ccc21.Cl.Cl. The molecule has 1 aromatic carbocycles. The third kappa shape index (κ3) is 5.88. The van der Waals surface area contributed by atoms with Crippen LogP contribution in [0.5, 0.6) is 0 Å². The van der Waals surface area contributed by atoms with Gasteiger partial charge in [0.15, 0.2) is 0 Å². The molecule has 1 aliphatic rings. The molecule has 0 unspecified atom stereocenters. The van der Waals surface area contributed by atoms with Gasteiger partial charge in [-0.15, -0.1) is 36.2 Å². The average Bonchev–Trinajstić information content (AvgIpc) is 3.09. The minimum atomic E-state index is 0. The Balaban J connectivity index is 0.00000169. The van der Waals surface area contributed by atoms with Gasteiger partial charge >= 0.3 is 0 Å². The third-order valence-electron chi connectivity index (χ3n) is 4.24. The molecule has 26 heavy (non-hydrogen) atoms. The Bertz CT molecular complexity index is 702. The molecule has 144 valence electrons. The molecule has 3 rings (SSSR count).